The van der Waals surface area contributed by atoms with Gasteiger partial charge in [-0.25, -0.2) is 4.79 Å². The maximum atomic E-state index is 11.0. The van der Waals surface area contributed by atoms with E-state index < -0.39 is 5.97 Å². The Morgan fingerprint density at radius 2 is 2.22 bits per heavy atom. The molecular formula is C14H15NO2S. The highest BCUT2D eigenvalue weighted by atomic mass is 32.1. The number of pyridine rings is 1. The number of aryl methyl sites for hydroxylation is 1. The fourth-order valence-corrected chi connectivity index (χ4v) is 2.28. The van der Waals surface area contributed by atoms with E-state index in [0.717, 1.165) is 30.2 Å². The van der Waals surface area contributed by atoms with E-state index in [-0.39, 0.29) is 5.56 Å². The van der Waals surface area contributed by atoms with Crippen molar-refractivity contribution in [1.29, 1.82) is 0 Å². The number of hydrogen-bond acceptors (Lipinski definition) is 2. The normalized spacial score (nSPS) is 10.7. The molecule has 18 heavy (non-hydrogen) atoms. The van der Waals surface area contributed by atoms with E-state index in [1.54, 1.807) is 0 Å². The number of aromatic amines is 1. The summed E-state index contributed by atoms with van der Waals surface area (Å²) in [7, 11) is 0. The van der Waals surface area contributed by atoms with Crippen LogP contribution in [0, 0.1) is 4.51 Å². The van der Waals surface area contributed by atoms with Crippen LogP contribution in [0.15, 0.2) is 24.4 Å². The molecule has 2 rings (SSSR count). The van der Waals surface area contributed by atoms with Crippen molar-refractivity contribution in [3.63, 3.8) is 0 Å². The van der Waals surface area contributed by atoms with E-state index in [0.29, 0.717) is 4.51 Å². The number of aromatic carboxylic acids is 1. The van der Waals surface area contributed by atoms with Crippen LogP contribution in [0.25, 0.3) is 10.9 Å². The first kappa shape index (κ1) is 12.8. The smallest absolute Gasteiger partial charge is 0.338 e. The third-order valence-electron chi connectivity index (χ3n) is 2.99. The van der Waals surface area contributed by atoms with E-state index >= 15 is 0 Å². The van der Waals surface area contributed by atoms with E-state index in [4.69, 9.17) is 17.3 Å². The molecule has 2 aromatic rings. The molecule has 0 radical (unpaired) electrons. The fraction of sp³-hybridized carbons (Fsp3) is 0.286. The number of nitrogens with one attached hydrogen (secondary N) is 1. The van der Waals surface area contributed by atoms with Crippen LogP contribution in [0.4, 0.5) is 0 Å². The average Bonchev–Trinajstić information content (AvgIpc) is 2.36. The van der Waals surface area contributed by atoms with Gasteiger partial charge in [0.2, 0.25) is 0 Å². The minimum atomic E-state index is -0.989. The van der Waals surface area contributed by atoms with Crippen LogP contribution in [0.5, 0.6) is 0 Å². The van der Waals surface area contributed by atoms with Crippen LogP contribution in [0.1, 0.15) is 35.7 Å². The topological polar surface area (TPSA) is 53.1 Å². The third-order valence-corrected chi connectivity index (χ3v) is 3.43. The number of aromatic nitrogens is 1. The highest BCUT2D eigenvalue weighted by Crippen LogP contribution is 2.19. The average molecular weight is 261 g/mol. The molecule has 0 saturated heterocycles. The lowest BCUT2D eigenvalue weighted by Crippen LogP contribution is -1.99. The zero-order valence-electron chi connectivity index (χ0n) is 10.2. The van der Waals surface area contributed by atoms with Crippen LogP contribution in [0.3, 0.4) is 0 Å². The summed E-state index contributed by atoms with van der Waals surface area (Å²) in [5.41, 5.74) is 2.24. The Balaban J connectivity index is 2.56. The molecule has 94 valence electrons. The quantitative estimate of drug-likeness (QED) is 0.820. The van der Waals surface area contributed by atoms with Gasteiger partial charge in [0.05, 0.1) is 10.1 Å². The third kappa shape index (κ3) is 2.43. The Labute approximate surface area is 110 Å². The van der Waals surface area contributed by atoms with Crippen LogP contribution in [0.2, 0.25) is 0 Å². The molecule has 0 atom stereocenters. The first-order valence-electron chi connectivity index (χ1n) is 6.01. The number of hydrogen-bond donors (Lipinski definition) is 2. The summed E-state index contributed by atoms with van der Waals surface area (Å²) in [4.78, 5) is 14.0. The van der Waals surface area contributed by atoms with Crippen molar-refractivity contribution >= 4 is 29.1 Å². The van der Waals surface area contributed by atoms with E-state index in [2.05, 4.69) is 18.0 Å². The Bertz CT molecular complexity index is 646. The second-order valence-corrected chi connectivity index (χ2v) is 4.73. The molecule has 0 bridgehead atoms. The zero-order chi connectivity index (χ0) is 13.1. The molecule has 0 aliphatic rings. The number of rotatable bonds is 4. The highest BCUT2D eigenvalue weighted by molar-refractivity contribution is 7.71. The van der Waals surface area contributed by atoms with Gasteiger partial charge in [-0.1, -0.05) is 31.6 Å². The SMILES string of the molecule is CCCCc1ccc2[nH]cc(C(=O)O)c(=S)c2c1. The van der Waals surface area contributed by atoms with E-state index in [1.807, 2.05) is 12.1 Å². The summed E-state index contributed by atoms with van der Waals surface area (Å²) in [6, 6.07) is 6.02. The monoisotopic (exact) mass is 261 g/mol. The van der Waals surface area contributed by atoms with Gasteiger partial charge in [0, 0.05) is 17.1 Å². The van der Waals surface area contributed by atoms with Crippen molar-refractivity contribution in [3.05, 3.63) is 40.0 Å². The Morgan fingerprint density at radius 1 is 1.44 bits per heavy atom. The summed E-state index contributed by atoms with van der Waals surface area (Å²) >= 11 is 5.24. The predicted molar refractivity (Wildman–Crippen MR) is 74.7 cm³/mol. The summed E-state index contributed by atoms with van der Waals surface area (Å²) < 4.78 is 0.412. The highest BCUT2D eigenvalue weighted by Gasteiger charge is 2.08. The first-order valence-corrected chi connectivity index (χ1v) is 6.42. The molecule has 1 heterocycles. The van der Waals surface area contributed by atoms with Crippen molar-refractivity contribution in [2.24, 2.45) is 0 Å². The lowest BCUT2D eigenvalue weighted by molar-refractivity contribution is 0.0696. The van der Waals surface area contributed by atoms with Crippen molar-refractivity contribution in [3.8, 4) is 0 Å². The molecule has 0 fully saturated rings. The van der Waals surface area contributed by atoms with Crippen molar-refractivity contribution in [2.45, 2.75) is 26.2 Å². The number of carbonyl (C=O) groups is 1. The number of unbranched alkanes of at least 4 members (excludes halogenated alkanes) is 1. The maximum Gasteiger partial charge on any atom is 0.338 e. The number of H-pyrrole nitrogens is 1. The van der Waals surface area contributed by atoms with Crippen LogP contribution in [-0.4, -0.2) is 16.1 Å². The lowest BCUT2D eigenvalue weighted by atomic mass is 10.0. The maximum absolute atomic E-state index is 11.0. The molecular weight excluding hydrogens is 246 g/mol. The molecule has 0 spiro atoms. The molecule has 2 N–H and O–H groups in total. The second-order valence-electron chi connectivity index (χ2n) is 4.32. The first-order chi connectivity index (χ1) is 8.63. The Hall–Kier alpha value is -1.68. The van der Waals surface area contributed by atoms with Crippen molar-refractivity contribution in [2.75, 3.05) is 0 Å². The number of fused-ring (bicyclic) bond motifs is 1. The number of benzene rings is 1. The van der Waals surface area contributed by atoms with Crippen LogP contribution >= 0.6 is 12.2 Å². The largest absolute Gasteiger partial charge is 0.478 e. The van der Waals surface area contributed by atoms with Gasteiger partial charge in [-0.2, -0.15) is 0 Å². The second kappa shape index (κ2) is 5.31. The minimum Gasteiger partial charge on any atom is -0.478 e. The number of carboxylic acid groups (broad SMARTS) is 1. The summed E-state index contributed by atoms with van der Waals surface area (Å²) in [5.74, 6) is -0.989. The number of carboxylic acids is 1. The van der Waals surface area contributed by atoms with Crippen LogP contribution < -0.4 is 0 Å². The zero-order valence-corrected chi connectivity index (χ0v) is 11.0. The van der Waals surface area contributed by atoms with Gasteiger partial charge < -0.3 is 10.1 Å². The van der Waals surface area contributed by atoms with Gasteiger partial charge in [-0.15, -0.1) is 0 Å². The Morgan fingerprint density at radius 3 is 2.89 bits per heavy atom. The summed E-state index contributed by atoms with van der Waals surface area (Å²) in [6.45, 7) is 2.15. The fourth-order valence-electron chi connectivity index (χ4n) is 1.96. The molecule has 1 aromatic carbocycles. The molecule has 4 heteroatoms. The van der Waals surface area contributed by atoms with E-state index in [1.165, 1.54) is 11.8 Å². The van der Waals surface area contributed by atoms with Crippen LogP contribution in [-0.2, 0) is 6.42 Å². The molecule has 1 aromatic heterocycles. The van der Waals surface area contributed by atoms with E-state index in [9.17, 15) is 4.79 Å². The molecule has 0 aliphatic carbocycles. The van der Waals surface area contributed by atoms with Gasteiger partial charge in [0.1, 0.15) is 0 Å². The molecule has 0 unspecified atom stereocenters. The molecule has 3 nitrogen and oxygen atoms in total. The predicted octanol–water partition coefficient (Wildman–Crippen LogP) is 3.94. The Kier molecular flexibility index (Phi) is 3.77. The van der Waals surface area contributed by atoms with Gasteiger partial charge in [0.25, 0.3) is 0 Å². The lowest BCUT2D eigenvalue weighted by Gasteiger charge is -2.05. The summed E-state index contributed by atoms with van der Waals surface area (Å²) in [6.07, 6.45) is 4.72. The van der Waals surface area contributed by atoms with Gasteiger partial charge in [-0.05, 0) is 30.5 Å². The van der Waals surface area contributed by atoms with Crippen molar-refractivity contribution in [1.82, 2.24) is 4.98 Å². The standard InChI is InChI=1S/C14H15NO2S/c1-2-3-4-9-5-6-12-10(7-9)13(18)11(8-15-12)14(16)17/h5-8H,2-4H2,1H3,(H,15,18)(H,16,17). The van der Waals surface area contributed by atoms with Gasteiger partial charge in [0.15, 0.2) is 0 Å². The molecule has 0 saturated carbocycles. The molecule has 0 aliphatic heterocycles. The molecule has 0 amide bonds. The van der Waals surface area contributed by atoms with Gasteiger partial charge >= 0.3 is 5.97 Å². The summed E-state index contributed by atoms with van der Waals surface area (Å²) in [5, 5.41) is 9.87. The minimum absolute atomic E-state index is 0.158. The van der Waals surface area contributed by atoms with Gasteiger partial charge in [-0.3, -0.25) is 0 Å². The van der Waals surface area contributed by atoms with Crippen molar-refractivity contribution < 1.29 is 9.90 Å².